The molecule has 1 aromatic heterocycles. The third-order valence-electron chi connectivity index (χ3n) is 3.69. The SMILES string of the molecule is COc1cc(C)c(-c2n[nH]c(=S)c3ccccc23)cc1C. The van der Waals surface area contributed by atoms with Gasteiger partial charge in [0.2, 0.25) is 0 Å². The van der Waals surface area contributed by atoms with Crippen molar-refractivity contribution in [3.8, 4) is 17.0 Å². The topological polar surface area (TPSA) is 37.9 Å². The van der Waals surface area contributed by atoms with Crippen LogP contribution in [0, 0.1) is 18.5 Å². The Bertz CT molecular complexity index is 884. The predicted octanol–water partition coefficient (Wildman–Crippen LogP) is 4.58. The summed E-state index contributed by atoms with van der Waals surface area (Å²) < 4.78 is 6.04. The molecule has 0 spiro atoms. The number of methoxy groups -OCH3 is 1. The van der Waals surface area contributed by atoms with Gasteiger partial charge in [0.25, 0.3) is 0 Å². The van der Waals surface area contributed by atoms with Gasteiger partial charge in [-0.15, -0.1) is 0 Å². The van der Waals surface area contributed by atoms with Crippen LogP contribution in [0.2, 0.25) is 0 Å². The Morgan fingerprint density at radius 3 is 2.48 bits per heavy atom. The predicted molar refractivity (Wildman–Crippen MR) is 88.4 cm³/mol. The highest BCUT2D eigenvalue weighted by atomic mass is 32.1. The molecule has 4 heteroatoms. The van der Waals surface area contributed by atoms with Gasteiger partial charge in [-0.2, -0.15) is 5.10 Å². The lowest BCUT2D eigenvalue weighted by Crippen LogP contribution is -1.96. The maximum atomic E-state index is 5.38. The molecule has 0 fully saturated rings. The van der Waals surface area contributed by atoms with Gasteiger partial charge in [0.15, 0.2) is 0 Å². The molecular weight excluding hydrogens is 280 g/mol. The molecule has 2 aromatic carbocycles. The van der Waals surface area contributed by atoms with Crippen LogP contribution >= 0.6 is 12.2 Å². The van der Waals surface area contributed by atoms with Gasteiger partial charge in [0.05, 0.1) is 12.8 Å². The molecule has 1 N–H and O–H groups in total. The van der Waals surface area contributed by atoms with E-state index in [0.29, 0.717) is 4.64 Å². The second kappa shape index (κ2) is 5.30. The van der Waals surface area contributed by atoms with Crippen molar-refractivity contribution in [2.24, 2.45) is 0 Å². The van der Waals surface area contributed by atoms with E-state index in [1.165, 1.54) is 0 Å². The third kappa shape index (κ3) is 2.32. The van der Waals surface area contributed by atoms with Crippen molar-refractivity contribution in [3.05, 3.63) is 52.2 Å². The summed E-state index contributed by atoms with van der Waals surface area (Å²) in [6, 6.07) is 12.2. The summed E-state index contributed by atoms with van der Waals surface area (Å²) in [6.07, 6.45) is 0. The van der Waals surface area contributed by atoms with Crippen LogP contribution in [0.5, 0.6) is 5.75 Å². The molecular formula is C17H16N2OS. The quantitative estimate of drug-likeness (QED) is 0.703. The number of aromatic amines is 1. The third-order valence-corrected chi connectivity index (χ3v) is 4.00. The maximum Gasteiger partial charge on any atom is 0.127 e. The van der Waals surface area contributed by atoms with Crippen molar-refractivity contribution >= 4 is 23.0 Å². The van der Waals surface area contributed by atoms with Crippen LogP contribution in [0.25, 0.3) is 22.0 Å². The summed E-state index contributed by atoms with van der Waals surface area (Å²) in [7, 11) is 1.69. The molecule has 106 valence electrons. The standard InChI is InChI=1S/C17H16N2OS/c1-10-9-15(20-3)11(2)8-14(10)16-12-6-4-5-7-13(12)17(21)19-18-16/h4-9H,1-3H3,(H,19,21). The average molecular weight is 296 g/mol. The normalized spacial score (nSPS) is 10.8. The lowest BCUT2D eigenvalue weighted by Gasteiger charge is -2.12. The summed E-state index contributed by atoms with van der Waals surface area (Å²) in [4.78, 5) is 0. The molecule has 3 rings (SSSR count). The number of rotatable bonds is 2. The van der Waals surface area contributed by atoms with E-state index in [0.717, 1.165) is 38.9 Å². The van der Waals surface area contributed by atoms with Gasteiger partial charge in [-0.05, 0) is 37.1 Å². The number of H-pyrrole nitrogens is 1. The van der Waals surface area contributed by atoms with E-state index in [1.54, 1.807) is 7.11 Å². The minimum Gasteiger partial charge on any atom is -0.496 e. The van der Waals surface area contributed by atoms with E-state index < -0.39 is 0 Å². The van der Waals surface area contributed by atoms with E-state index in [9.17, 15) is 0 Å². The smallest absolute Gasteiger partial charge is 0.127 e. The first-order chi connectivity index (χ1) is 10.1. The van der Waals surface area contributed by atoms with Crippen LogP contribution in [0.15, 0.2) is 36.4 Å². The molecule has 3 nitrogen and oxygen atoms in total. The van der Waals surface area contributed by atoms with Crippen LogP contribution in [-0.2, 0) is 0 Å². The van der Waals surface area contributed by atoms with Crippen LogP contribution in [0.1, 0.15) is 11.1 Å². The zero-order valence-electron chi connectivity index (χ0n) is 12.2. The van der Waals surface area contributed by atoms with E-state index in [2.05, 4.69) is 29.3 Å². The van der Waals surface area contributed by atoms with E-state index in [4.69, 9.17) is 17.0 Å². The number of aryl methyl sites for hydroxylation is 2. The Hall–Kier alpha value is -2.20. The van der Waals surface area contributed by atoms with Crippen molar-refractivity contribution in [2.45, 2.75) is 13.8 Å². The van der Waals surface area contributed by atoms with Gasteiger partial charge in [-0.1, -0.05) is 36.5 Å². The lowest BCUT2D eigenvalue weighted by molar-refractivity contribution is 0.411. The molecule has 0 aliphatic rings. The van der Waals surface area contributed by atoms with Gasteiger partial charge in [0.1, 0.15) is 10.4 Å². The lowest BCUT2D eigenvalue weighted by atomic mass is 9.98. The Balaban J connectivity index is 2.34. The Labute approximate surface area is 128 Å². The zero-order chi connectivity index (χ0) is 15.0. The number of benzene rings is 2. The minimum atomic E-state index is 0.664. The molecule has 3 aromatic rings. The molecule has 1 heterocycles. The fourth-order valence-corrected chi connectivity index (χ4v) is 2.81. The Morgan fingerprint density at radius 1 is 1.05 bits per heavy atom. The van der Waals surface area contributed by atoms with Crippen LogP contribution in [-0.4, -0.2) is 17.3 Å². The number of nitrogens with zero attached hydrogens (tertiary/aromatic N) is 1. The highest BCUT2D eigenvalue weighted by Gasteiger charge is 2.12. The average Bonchev–Trinajstić information content (AvgIpc) is 2.50. The van der Waals surface area contributed by atoms with Crippen molar-refractivity contribution in [3.63, 3.8) is 0 Å². The summed E-state index contributed by atoms with van der Waals surface area (Å²) in [5.41, 5.74) is 4.23. The van der Waals surface area contributed by atoms with Gasteiger partial charge in [-0.25, -0.2) is 0 Å². The van der Waals surface area contributed by atoms with E-state index in [-0.39, 0.29) is 0 Å². The van der Waals surface area contributed by atoms with Gasteiger partial charge >= 0.3 is 0 Å². The second-order valence-corrected chi connectivity index (χ2v) is 5.49. The van der Waals surface area contributed by atoms with Crippen molar-refractivity contribution in [2.75, 3.05) is 7.11 Å². The second-order valence-electron chi connectivity index (χ2n) is 5.08. The Morgan fingerprint density at radius 2 is 1.76 bits per heavy atom. The molecule has 0 unspecified atom stereocenters. The molecule has 0 bridgehead atoms. The van der Waals surface area contributed by atoms with Crippen LogP contribution in [0.4, 0.5) is 0 Å². The van der Waals surface area contributed by atoms with Gasteiger partial charge in [0, 0.05) is 16.3 Å². The van der Waals surface area contributed by atoms with Crippen molar-refractivity contribution < 1.29 is 4.74 Å². The number of aromatic nitrogens is 2. The van der Waals surface area contributed by atoms with Crippen molar-refractivity contribution in [1.82, 2.24) is 10.2 Å². The maximum absolute atomic E-state index is 5.38. The fraction of sp³-hybridized carbons (Fsp3) is 0.176. The number of nitrogens with one attached hydrogen (secondary N) is 1. The van der Waals surface area contributed by atoms with Crippen LogP contribution in [0.3, 0.4) is 0 Å². The van der Waals surface area contributed by atoms with Gasteiger partial charge in [-0.3, -0.25) is 5.10 Å². The molecule has 21 heavy (non-hydrogen) atoms. The van der Waals surface area contributed by atoms with E-state index in [1.807, 2.05) is 31.2 Å². The number of fused-ring (bicyclic) bond motifs is 1. The summed E-state index contributed by atoms with van der Waals surface area (Å²) >= 11 is 5.32. The highest BCUT2D eigenvalue weighted by Crippen LogP contribution is 2.32. The minimum absolute atomic E-state index is 0.664. The van der Waals surface area contributed by atoms with Crippen molar-refractivity contribution in [1.29, 1.82) is 0 Å². The zero-order valence-corrected chi connectivity index (χ0v) is 13.0. The Kier molecular flexibility index (Phi) is 3.47. The molecule has 0 radical (unpaired) electrons. The number of hydrogen-bond donors (Lipinski definition) is 1. The first kappa shape index (κ1) is 13.8. The largest absolute Gasteiger partial charge is 0.496 e. The molecule has 0 amide bonds. The number of hydrogen-bond acceptors (Lipinski definition) is 3. The molecule has 0 aliphatic heterocycles. The molecule has 0 aliphatic carbocycles. The monoisotopic (exact) mass is 296 g/mol. The highest BCUT2D eigenvalue weighted by molar-refractivity contribution is 7.71. The number of ether oxygens (including phenoxy) is 1. The molecule has 0 saturated carbocycles. The fourth-order valence-electron chi connectivity index (χ4n) is 2.58. The first-order valence-electron chi connectivity index (χ1n) is 6.75. The molecule has 0 saturated heterocycles. The van der Waals surface area contributed by atoms with Crippen LogP contribution < -0.4 is 4.74 Å². The summed E-state index contributed by atoms with van der Waals surface area (Å²) in [6.45, 7) is 4.10. The van der Waals surface area contributed by atoms with E-state index >= 15 is 0 Å². The molecule has 0 atom stereocenters. The summed E-state index contributed by atoms with van der Waals surface area (Å²) in [5, 5.41) is 9.50. The first-order valence-corrected chi connectivity index (χ1v) is 7.15. The summed E-state index contributed by atoms with van der Waals surface area (Å²) in [5.74, 6) is 0.893. The van der Waals surface area contributed by atoms with Gasteiger partial charge < -0.3 is 4.74 Å².